The van der Waals surface area contributed by atoms with Gasteiger partial charge in [0.05, 0.1) is 18.2 Å². The molecule has 180 valence electrons. The van der Waals surface area contributed by atoms with Gasteiger partial charge >= 0.3 is 0 Å². The molecule has 1 saturated heterocycles. The number of hydrogen-bond donors (Lipinski definition) is 1. The number of rotatable bonds is 8. The average Bonchev–Trinajstić information content (AvgIpc) is 3.09. The predicted octanol–water partition coefficient (Wildman–Crippen LogP) is 5.95. The van der Waals surface area contributed by atoms with E-state index in [-0.39, 0.29) is 17.9 Å². The lowest BCUT2D eigenvalue weighted by Crippen LogP contribution is -2.29. The zero-order chi connectivity index (χ0) is 24.9. The molecule has 1 aliphatic rings. The van der Waals surface area contributed by atoms with Crippen molar-refractivity contribution in [3.63, 3.8) is 0 Å². The third-order valence-electron chi connectivity index (χ3n) is 6.00. The monoisotopic (exact) mass is 534 g/mol. The molecule has 0 radical (unpaired) electrons. The highest BCUT2D eigenvalue weighted by Gasteiger charge is 2.46. The van der Waals surface area contributed by atoms with E-state index in [0.29, 0.717) is 17.9 Å². The molecular formula is C28H27BrN2O4. The normalized spacial score (nSPS) is 17.1. The topological polar surface area (TPSA) is 79.7 Å². The zero-order valence-electron chi connectivity index (χ0n) is 19.7. The highest BCUT2D eigenvalue weighted by atomic mass is 79.9. The minimum atomic E-state index is -0.743. The van der Waals surface area contributed by atoms with Crippen LogP contribution in [0.4, 0.5) is 0 Å². The fourth-order valence-corrected chi connectivity index (χ4v) is 4.64. The van der Waals surface area contributed by atoms with Crippen LogP contribution in [-0.2, 0) is 16.1 Å². The van der Waals surface area contributed by atoms with Crippen molar-refractivity contribution in [2.45, 2.75) is 39.3 Å². The van der Waals surface area contributed by atoms with Crippen molar-refractivity contribution in [2.24, 2.45) is 0 Å². The number of aryl methyl sites for hydroxylation is 1. The Hall–Kier alpha value is -3.45. The lowest BCUT2D eigenvalue weighted by atomic mass is 9.94. The van der Waals surface area contributed by atoms with Gasteiger partial charge < -0.3 is 14.7 Å². The number of nitrogens with zero attached hydrogens (tertiary/aromatic N) is 2. The van der Waals surface area contributed by atoms with E-state index < -0.39 is 17.7 Å². The van der Waals surface area contributed by atoms with Crippen LogP contribution in [0.2, 0.25) is 0 Å². The molecule has 3 aromatic rings. The zero-order valence-corrected chi connectivity index (χ0v) is 21.3. The number of likely N-dealkylation sites (tertiary alicyclic amines) is 1. The summed E-state index contributed by atoms with van der Waals surface area (Å²) in [6.07, 6.45) is 5.31. The Labute approximate surface area is 213 Å². The molecule has 2 aromatic carbocycles. The lowest BCUT2D eigenvalue weighted by molar-refractivity contribution is -0.140. The molecule has 0 unspecified atom stereocenters. The number of aliphatic hydroxyl groups is 1. The molecule has 6 nitrogen and oxygen atoms in total. The van der Waals surface area contributed by atoms with Crippen molar-refractivity contribution in [1.82, 2.24) is 9.88 Å². The molecule has 7 heteroatoms. The van der Waals surface area contributed by atoms with Gasteiger partial charge in [-0.2, -0.15) is 0 Å². The molecule has 4 rings (SSSR count). The average molecular weight is 535 g/mol. The van der Waals surface area contributed by atoms with Crippen LogP contribution >= 0.6 is 15.9 Å². The standard InChI is InChI=1S/C28H27BrN2O4/c1-3-4-13-35-22-10-11-23(18(2)14-22)26(32)24-25(20-8-5-9-21(29)15-20)31(28(34)27(24)33)17-19-7-6-12-30-16-19/h5-12,14-16,25,32H,3-4,13,17H2,1-2H3/t25-/m0/s1. The first-order valence-corrected chi connectivity index (χ1v) is 12.4. The van der Waals surface area contributed by atoms with E-state index >= 15 is 0 Å². The summed E-state index contributed by atoms with van der Waals surface area (Å²) in [6, 6.07) is 15.7. The van der Waals surface area contributed by atoms with E-state index in [1.165, 1.54) is 4.90 Å². The number of amides is 1. The van der Waals surface area contributed by atoms with Crippen LogP contribution in [-0.4, -0.2) is 33.3 Å². The van der Waals surface area contributed by atoms with Crippen molar-refractivity contribution in [2.75, 3.05) is 6.61 Å². The number of carbonyl (C=O) groups excluding carboxylic acids is 2. The van der Waals surface area contributed by atoms with Crippen molar-refractivity contribution in [3.05, 3.63) is 99.3 Å². The summed E-state index contributed by atoms with van der Waals surface area (Å²) in [5, 5.41) is 11.4. The number of unbranched alkanes of at least 4 members (excludes halogenated alkanes) is 1. The fourth-order valence-electron chi connectivity index (χ4n) is 4.23. The maximum Gasteiger partial charge on any atom is 0.295 e. The maximum absolute atomic E-state index is 13.3. The molecule has 1 fully saturated rings. The molecule has 1 atom stereocenters. The summed E-state index contributed by atoms with van der Waals surface area (Å²) in [5.74, 6) is -0.857. The van der Waals surface area contributed by atoms with Gasteiger partial charge in [-0.05, 0) is 66.4 Å². The molecule has 0 aliphatic carbocycles. The SMILES string of the molecule is CCCCOc1ccc(C(O)=C2C(=O)C(=O)N(Cc3cccnc3)[C@H]2c2cccc(Br)c2)c(C)c1. The summed E-state index contributed by atoms with van der Waals surface area (Å²) >= 11 is 3.48. The van der Waals surface area contributed by atoms with Crippen molar-refractivity contribution >= 4 is 33.4 Å². The van der Waals surface area contributed by atoms with Crippen molar-refractivity contribution in [3.8, 4) is 5.75 Å². The Balaban J connectivity index is 1.79. The van der Waals surface area contributed by atoms with Crippen molar-refractivity contribution in [1.29, 1.82) is 0 Å². The summed E-state index contributed by atoms with van der Waals surface area (Å²) in [5.41, 5.74) is 2.83. The molecule has 1 aromatic heterocycles. The molecular weight excluding hydrogens is 508 g/mol. The van der Waals surface area contributed by atoms with Gasteiger partial charge in [0.1, 0.15) is 11.5 Å². The van der Waals surface area contributed by atoms with Crippen molar-refractivity contribution < 1.29 is 19.4 Å². The minimum absolute atomic E-state index is 0.0692. The third kappa shape index (κ3) is 5.30. The van der Waals surface area contributed by atoms with Gasteiger partial charge in [-0.1, -0.05) is 47.5 Å². The summed E-state index contributed by atoms with van der Waals surface area (Å²) in [4.78, 5) is 32.1. The van der Waals surface area contributed by atoms with Gasteiger partial charge in [-0.15, -0.1) is 0 Å². The van der Waals surface area contributed by atoms with Gasteiger partial charge in [0, 0.05) is 29.0 Å². The summed E-state index contributed by atoms with van der Waals surface area (Å²) < 4.78 is 6.59. The molecule has 0 spiro atoms. The fraction of sp³-hybridized carbons (Fsp3) is 0.250. The van der Waals surface area contributed by atoms with Crippen LogP contribution in [0.3, 0.4) is 0 Å². The van der Waals surface area contributed by atoms with E-state index in [4.69, 9.17) is 4.74 Å². The largest absolute Gasteiger partial charge is 0.507 e. The third-order valence-corrected chi connectivity index (χ3v) is 6.49. The molecule has 1 aliphatic heterocycles. The highest BCUT2D eigenvalue weighted by molar-refractivity contribution is 9.10. The van der Waals surface area contributed by atoms with Crippen LogP contribution in [0.15, 0.2) is 77.0 Å². The second kappa shape index (κ2) is 10.9. The van der Waals surface area contributed by atoms with E-state index in [1.807, 2.05) is 43.3 Å². The Morgan fingerprint density at radius 1 is 1.14 bits per heavy atom. The van der Waals surface area contributed by atoms with Crippen LogP contribution in [0.25, 0.3) is 5.76 Å². The quantitative estimate of drug-likeness (QED) is 0.167. The van der Waals surface area contributed by atoms with Crippen LogP contribution < -0.4 is 4.74 Å². The second-order valence-corrected chi connectivity index (χ2v) is 9.44. The Kier molecular flexibility index (Phi) is 7.66. The first-order valence-electron chi connectivity index (χ1n) is 11.6. The number of hydrogen-bond acceptors (Lipinski definition) is 5. The van der Waals surface area contributed by atoms with Crippen LogP contribution in [0.5, 0.6) is 5.75 Å². The van der Waals surface area contributed by atoms with E-state index in [0.717, 1.165) is 34.0 Å². The number of carbonyl (C=O) groups is 2. The smallest absolute Gasteiger partial charge is 0.295 e. The first-order chi connectivity index (χ1) is 16.9. The number of aromatic nitrogens is 1. The molecule has 1 N–H and O–H groups in total. The van der Waals surface area contributed by atoms with Gasteiger partial charge in [-0.3, -0.25) is 14.6 Å². The second-order valence-electron chi connectivity index (χ2n) is 8.52. The number of aliphatic hydroxyl groups excluding tert-OH is 1. The predicted molar refractivity (Wildman–Crippen MR) is 138 cm³/mol. The number of Topliss-reactive ketones (excluding diaryl/α,β-unsaturated/α-hetero) is 1. The Morgan fingerprint density at radius 3 is 2.66 bits per heavy atom. The van der Waals surface area contributed by atoms with Gasteiger partial charge in [0.25, 0.3) is 11.7 Å². The minimum Gasteiger partial charge on any atom is -0.507 e. The molecule has 0 saturated carbocycles. The van der Waals surface area contributed by atoms with E-state index in [9.17, 15) is 14.7 Å². The number of ketones is 1. The molecule has 1 amide bonds. The lowest BCUT2D eigenvalue weighted by Gasteiger charge is -2.25. The highest BCUT2D eigenvalue weighted by Crippen LogP contribution is 2.41. The Morgan fingerprint density at radius 2 is 1.97 bits per heavy atom. The van der Waals surface area contributed by atoms with Gasteiger partial charge in [0.2, 0.25) is 0 Å². The summed E-state index contributed by atoms with van der Waals surface area (Å²) in [6.45, 7) is 4.75. The molecule has 35 heavy (non-hydrogen) atoms. The number of pyridine rings is 1. The summed E-state index contributed by atoms with van der Waals surface area (Å²) in [7, 11) is 0. The number of halogens is 1. The van der Waals surface area contributed by atoms with E-state index in [1.54, 1.807) is 30.6 Å². The van der Waals surface area contributed by atoms with Crippen LogP contribution in [0.1, 0.15) is 48.1 Å². The number of benzene rings is 2. The maximum atomic E-state index is 13.3. The first kappa shape index (κ1) is 24.7. The number of ether oxygens (including phenoxy) is 1. The molecule has 2 heterocycles. The van der Waals surface area contributed by atoms with Crippen LogP contribution in [0, 0.1) is 6.92 Å². The van der Waals surface area contributed by atoms with Gasteiger partial charge in [0.15, 0.2) is 0 Å². The van der Waals surface area contributed by atoms with Gasteiger partial charge in [-0.25, -0.2) is 0 Å². The molecule has 0 bridgehead atoms. The van der Waals surface area contributed by atoms with E-state index in [2.05, 4.69) is 27.8 Å². The Bertz CT molecular complexity index is 1270.